The summed E-state index contributed by atoms with van der Waals surface area (Å²) in [5.74, 6) is -2.84. The molecule has 0 rings (SSSR count). The van der Waals surface area contributed by atoms with Crippen LogP contribution in [0.5, 0.6) is 0 Å². The van der Waals surface area contributed by atoms with Crippen molar-refractivity contribution in [2.24, 2.45) is 11.3 Å². The molecule has 0 aromatic carbocycles. The van der Waals surface area contributed by atoms with Crippen molar-refractivity contribution >= 4 is 17.7 Å². The lowest BCUT2D eigenvalue weighted by atomic mass is 9.85. The highest BCUT2D eigenvalue weighted by molar-refractivity contribution is 6.00. The Labute approximate surface area is 95.1 Å². The third-order valence-electron chi connectivity index (χ3n) is 2.20. The molecule has 0 amide bonds. The van der Waals surface area contributed by atoms with Gasteiger partial charge in [-0.3, -0.25) is 14.4 Å². The number of hydrogen-bond acceptors (Lipinski definition) is 5. The molecule has 5 heteroatoms. The highest BCUT2D eigenvalue weighted by Gasteiger charge is 2.34. The summed E-state index contributed by atoms with van der Waals surface area (Å²) in [4.78, 5) is 34.3. The summed E-state index contributed by atoms with van der Waals surface area (Å²) in [6.45, 7) is 5.17. The number of Topliss-reactive ketones (excluding diaryl/α,β-unsaturated/α-hetero) is 1. The molecule has 0 aromatic rings. The average Bonchev–Trinajstić information content (AvgIpc) is 2.21. The van der Waals surface area contributed by atoms with E-state index in [4.69, 9.17) is 0 Å². The van der Waals surface area contributed by atoms with Gasteiger partial charge in [-0.2, -0.15) is 0 Å². The monoisotopic (exact) mass is 230 g/mol. The Hall–Kier alpha value is -1.39. The van der Waals surface area contributed by atoms with Crippen molar-refractivity contribution in [3.63, 3.8) is 0 Å². The Balaban J connectivity index is 4.76. The van der Waals surface area contributed by atoms with Crippen LogP contribution < -0.4 is 0 Å². The van der Waals surface area contributed by atoms with Crippen LogP contribution in [0, 0.1) is 11.3 Å². The molecular weight excluding hydrogens is 212 g/mol. The zero-order chi connectivity index (χ0) is 12.9. The SMILES string of the molecule is COC(=O)C(CC(=O)C(C)(C)C)C(=O)OC. The van der Waals surface area contributed by atoms with Crippen LogP contribution in [-0.2, 0) is 23.9 Å². The van der Waals surface area contributed by atoms with Gasteiger partial charge in [0, 0.05) is 11.8 Å². The molecule has 0 saturated heterocycles. The molecule has 0 heterocycles. The molecule has 92 valence electrons. The van der Waals surface area contributed by atoms with Crippen LogP contribution in [0.1, 0.15) is 27.2 Å². The minimum Gasteiger partial charge on any atom is -0.468 e. The molecule has 0 spiro atoms. The number of carbonyl (C=O) groups excluding carboxylic acids is 3. The first-order valence-electron chi connectivity index (χ1n) is 4.93. The predicted octanol–water partition coefficient (Wildman–Crippen LogP) is 0.954. The van der Waals surface area contributed by atoms with E-state index in [1.54, 1.807) is 20.8 Å². The van der Waals surface area contributed by atoms with Gasteiger partial charge in [0.1, 0.15) is 5.78 Å². The Morgan fingerprint density at radius 3 is 1.62 bits per heavy atom. The maximum Gasteiger partial charge on any atom is 0.320 e. The van der Waals surface area contributed by atoms with Gasteiger partial charge in [-0.1, -0.05) is 20.8 Å². The van der Waals surface area contributed by atoms with Gasteiger partial charge in [-0.25, -0.2) is 0 Å². The molecule has 0 atom stereocenters. The van der Waals surface area contributed by atoms with Crippen LogP contribution >= 0.6 is 0 Å². The molecule has 0 aromatic heterocycles. The minimum atomic E-state index is -1.17. The number of methoxy groups -OCH3 is 2. The van der Waals surface area contributed by atoms with E-state index in [0.29, 0.717) is 0 Å². The minimum absolute atomic E-state index is 0.187. The molecule has 0 bridgehead atoms. The number of carbonyl (C=O) groups is 3. The zero-order valence-electron chi connectivity index (χ0n) is 10.3. The van der Waals surface area contributed by atoms with Crippen molar-refractivity contribution < 1.29 is 23.9 Å². The normalized spacial score (nSPS) is 11.1. The van der Waals surface area contributed by atoms with Gasteiger partial charge < -0.3 is 9.47 Å². The second-order valence-electron chi connectivity index (χ2n) is 4.48. The lowest BCUT2D eigenvalue weighted by Crippen LogP contribution is -2.32. The van der Waals surface area contributed by atoms with Gasteiger partial charge in [0.15, 0.2) is 5.92 Å². The van der Waals surface area contributed by atoms with Crippen molar-refractivity contribution in [3.05, 3.63) is 0 Å². The number of ether oxygens (including phenoxy) is 2. The molecular formula is C11H18O5. The van der Waals surface area contributed by atoms with Gasteiger partial charge in [0.25, 0.3) is 0 Å². The summed E-state index contributed by atoms with van der Waals surface area (Å²) < 4.78 is 8.91. The first-order chi connectivity index (χ1) is 7.23. The molecule has 0 N–H and O–H groups in total. The average molecular weight is 230 g/mol. The molecule has 0 radical (unpaired) electrons. The third-order valence-corrected chi connectivity index (χ3v) is 2.20. The Kier molecular flexibility index (Phi) is 5.14. The standard InChI is InChI=1S/C11H18O5/c1-11(2,3)8(12)6-7(9(13)15-4)10(14)16-5/h7H,6H2,1-5H3. The fourth-order valence-corrected chi connectivity index (χ4v) is 1.04. The Morgan fingerprint density at radius 1 is 1.00 bits per heavy atom. The van der Waals surface area contributed by atoms with Gasteiger partial charge >= 0.3 is 11.9 Å². The predicted molar refractivity (Wildman–Crippen MR) is 56.6 cm³/mol. The maximum absolute atomic E-state index is 11.7. The Morgan fingerprint density at radius 2 is 1.38 bits per heavy atom. The number of hydrogen-bond donors (Lipinski definition) is 0. The second kappa shape index (κ2) is 5.63. The van der Waals surface area contributed by atoms with E-state index < -0.39 is 23.3 Å². The number of rotatable bonds is 4. The van der Waals surface area contributed by atoms with Crippen LogP contribution in [0.25, 0.3) is 0 Å². The largest absolute Gasteiger partial charge is 0.468 e. The van der Waals surface area contributed by atoms with E-state index in [9.17, 15) is 14.4 Å². The van der Waals surface area contributed by atoms with Crippen molar-refractivity contribution in [2.45, 2.75) is 27.2 Å². The van der Waals surface area contributed by atoms with Gasteiger partial charge in [0.05, 0.1) is 14.2 Å². The highest BCUT2D eigenvalue weighted by Crippen LogP contribution is 2.21. The summed E-state index contributed by atoms with van der Waals surface area (Å²) >= 11 is 0. The topological polar surface area (TPSA) is 69.7 Å². The van der Waals surface area contributed by atoms with Crippen LogP contribution in [0.3, 0.4) is 0 Å². The van der Waals surface area contributed by atoms with Crippen molar-refractivity contribution in [2.75, 3.05) is 14.2 Å². The molecule has 0 aliphatic rings. The first kappa shape index (κ1) is 14.6. The quantitative estimate of drug-likeness (QED) is 0.531. The first-order valence-corrected chi connectivity index (χ1v) is 4.93. The van der Waals surface area contributed by atoms with E-state index in [1.807, 2.05) is 0 Å². The number of esters is 2. The summed E-state index contributed by atoms with van der Waals surface area (Å²) in [5, 5.41) is 0. The van der Waals surface area contributed by atoms with E-state index in [-0.39, 0.29) is 12.2 Å². The molecule has 0 fully saturated rings. The lowest BCUT2D eigenvalue weighted by Gasteiger charge is -2.19. The smallest absolute Gasteiger partial charge is 0.320 e. The van der Waals surface area contributed by atoms with Crippen LogP contribution in [-0.4, -0.2) is 31.9 Å². The molecule has 16 heavy (non-hydrogen) atoms. The molecule has 0 aliphatic carbocycles. The number of ketones is 1. The van der Waals surface area contributed by atoms with Crippen molar-refractivity contribution in [1.82, 2.24) is 0 Å². The van der Waals surface area contributed by atoms with Gasteiger partial charge in [-0.15, -0.1) is 0 Å². The molecule has 5 nitrogen and oxygen atoms in total. The Bertz CT molecular complexity index is 271. The van der Waals surface area contributed by atoms with Gasteiger partial charge in [-0.05, 0) is 0 Å². The van der Waals surface area contributed by atoms with Crippen LogP contribution in [0.2, 0.25) is 0 Å². The molecule has 0 aliphatic heterocycles. The summed E-state index contributed by atoms with van der Waals surface area (Å²) in [5.41, 5.74) is -0.597. The van der Waals surface area contributed by atoms with Crippen molar-refractivity contribution in [3.8, 4) is 0 Å². The van der Waals surface area contributed by atoms with Crippen molar-refractivity contribution in [1.29, 1.82) is 0 Å². The fourth-order valence-electron chi connectivity index (χ4n) is 1.04. The van der Waals surface area contributed by atoms with E-state index in [0.717, 1.165) is 0 Å². The maximum atomic E-state index is 11.7. The second-order valence-corrected chi connectivity index (χ2v) is 4.48. The van der Waals surface area contributed by atoms with E-state index in [1.165, 1.54) is 14.2 Å². The highest BCUT2D eigenvalue weighted by atomic mass is 16.5. The molecule has 0 unspecified atom stereocenters. The summed E-state index contributed by atoms with van der Waals surface area (Å²) in [6, 6.07) is 0. The third kappa shape index (κ3) is 4.00. The summed E-state index contributed by atoms with van der Waals surface area (Å²) in [7, 11) is 2.33. The van der Waals surface area contributed by atoms with Crippen LogP contribution in [0.15, 0.2) is 0 Å². The summed E-state index contributed by atoms with van der Waals surface area (Å²) in [6.07, 6.45) is -0.192. The van der Waals surface area contributed by atoms with Crippen LogP contribution in [0.4, 0.5) is 0 Å². The van der Waals surface area contributed by atoms with E-state index >= 15 is 0 Å². The van der Waals surface area contributed by atoms with Gasteiger partial charge in [0.2, 0.25) is 0 Å². The lowest BCUT2D eigenvalue weighted by molar-refractivity contribution is -0.161. The molecule has 0 saturated carbocycles. The van der Waals surface area contributed by atoms with E-state index in [2.05, 4.69) is 9.47 Å². The zero-order valence-corrected chi connectivity index (χ0v) is 10.3. The fraction of sp³-hybridized carbons (Fsp3) is 0.727.